The molecule has 3 nitrogen and oxygen atoms in total. The quantitative estimate of drug-likeness (QED) is 0.815. The predicted octanol–water partition coefficient (Wildman–Crippen LogP) is 3.83. The van der Waals surface area contributed by atoms with Crippen molar-refractivity contribution < 1.29 is 13.9 Å². The first-order valence-electron chi connectivity index (χ1n) is 7.36. The van der Waals surface area contributed by atoms with Gasteiger partial charge in [-0.05, 0) is 43.2 Å². The zero-order chi connectivity index (χ0) is 16.8. The summed E-state index contributed by atoms with van der Waals surface area (Å²) in [5.74, 6) is 0.0724. The van der Waals surface area contributed by atoms with Crippen molar-refractivity contribution in [2.75, 3.05) is 13.2 Å². The summed E-state index contributed by atoms with van der Waals surface area (Å²) in [7, 11) is 0. The summed E-state index contributed by atoms with van der Waals surface area (Å²) in [6.45, 7) is 4.72. The number of nitrogens with one attached hydrogen (secondary N) is 1. The van der Waals surface area contributed by atoms with Crippen LogP contribution in [0.1, 0.15) is 16.7 Å². The third kappa shape index (κ3) is 5.25. The molecule has 0 unspecified atom stereocenters. The van der Waals surface area contributed by atoms with Gasteiger partial charge in [0.15, 0.2) is 0 Å². The fourth-order valence-electron chi connectivity index (χ4n) is 2.21. The summed E-state index contributed by atoms with van der Waals surface area (Å²) in [6.07, 6.45) is -0.0213. The minimum absolute atomic E-state index is 0.0213. The number of hydrogen-bond acceptors (Lipinski definition) is 2. The number of benzene rings is 2. The summed E-state index contributed by atoms with van der Waals surface area (Å²) in [6, 6.07) is 10.2. The lowest BCUT2D eigenvalue weighted by Gasteiger charge is -2.10. The van der Waals surface area contributed by atoms with Crippen LogP contribution in [-0.4, -0.2) is 19.1 Å². The third-order valence-corrected chi connectivity index (χ3v) is 3.61. The molecule has 122 valence electrons. The lowest BCUT2D eigenvalue weighted by Crippen LogP contribution is -2.29. The molecule has 0 aliphatic rings. The van der Waals surface area contributed by atoms with Crippen LogP contribution in [-0.2, 0) is 11.2 Å². The van der Waals surface area contributed by atoms with Gasteiger partial charge in [-0.1, -0.05) is 35.4 Å². The second-order valence-electron chi connectivity index (χ2n) is 5.38. The molecule has 0 saturated heterocycles. The van der Waals surface area contributed by atoms with E-state index in [1.54, 1.807) is 6.07 Å². The van der Waals surface area contributed by atoms with Gasteiger partial charge in [-0.15, -0.1) is 0 Å². The van der Waals surface area contributed by atoms with Crippen molar-refractivity contribution in [2.45, 2.75) is 20.3 Å². The molecule has 23 heavy (non-hydrogen) atoms. The van der Waals surface area contributed by atoms with Crippen molar-refractivity contribution in [3.63, 3.8) is 0 Å². The number of ether oxygens (including phenoxy) is 1. The fraction of sp³-hybridized carbons (Fsp3) is 0.278. The van der Waals surface area contributed by atoms with Crippen LogP contribution >= 0.6 is 11.6 Å². The van der Waals surface area contributed by atoms with Gasteiger partial charge in [0.2, 0.25) is 5.91 Å². The van der Waals surface area contributed by atoms with Gasteiger partial charge in [0.1, 0.15) is 18.2 Å². The molecule has 2 rings (SSSR count). The van der Waals surface area contributed by atoms with E-state index >= 15 is 0 Å². The predicted molar refractivity (Wildman–Crippen MR) is 89.5 cm³/mol. The van der Waals surface area contributed by atoms with E-state index in [0.717, 1.165) is 11.3 Å². The first-order valence-corrected chi connectivity index (χ1v) is 7.74. The van der Waals surface area contributed by atoms with E-state index in [1.807, 2.05) is 32.0 Å². The normalized spacial score (nSPS) is 10.4. The lowest BCUT2D eigenvalue weighted by atomic mass is 10.1. The molecule has 0 aromatic heterocycles. The lowest BCUT2D eigenvalue weighted by molar-refractivity contribution is -0.120. The maximum absolute atomic E-state index is 13.6. The maximum Gasteiger partial charge on any atom is 0.224 e. The van der Waals surface area contributed by atoms with Gasteiger partial charge >= 0.3 is 0 Å². The van der Waals surface area contributed by atoms with Crippen molar-refractivity contribution in [1.82, 2.24) is 5.32 Å². The van der Waals surface area contributed by atoms with Crippen LogP contribution in [0.15, 0.2) is 36.4 Å². The summed E-state index contributed by atoms with van der Waals surface area (Å²) >= 11 is 5.68. The van der Waals surface area contributed by atoms with Crippen LogP contribution < -0.4 is 10.1 Å². The van der Waals surface area contributed by atoms with Crippen LogP contribution in [0.25, 0.3) is 0 Å². The molecule has 0 fully saturated rings. The zero-order valence-electron chi connectivity index (χ0n) is 13.2. The smallest absolute Gasteiger partial charge is 0.224 e. The second kappa shape index (κ2) is 7.97. The first kappa shape index (κ1) is 17.3. The molecule has 0 spiro atoms. The van der Waals surface area contributed by atoms with Gasteiger partial charge in [0.25, 0.3) is 0 Å². The average Bonchev–Trinajstić information content (AvgIpc) is 2.48. The highest BCUT2D eigenvalue weighted by molar-refractivity contribution is 6.30. The van der Waals surface area contributed by atoms with E-state index in [-0.39, 0.29) is 12.3 Å². The first-order chi connectivity index (χ1) is 11.0. The number of hydrogen-bond donors (Lipinski definition) is 1. The monoisotopic (exact) mass is 335 g/mol. The summed E-state index contributed by atoms with van der Waals surface area (Å²) in [5, 5.41) is 3.02. The summed E-state index contributed by atoms with van der Waals surface area (Å²) < 4.78 is 19.2. The van der Waals surface area contributed by atoms with Gasteiger partial charge in [0.05, 0.1) is 13.0 Å². The average molecular weight is 336 g/mol. The van der Waals surface area contributed by atoms with Crippen LogP contribution in [0.5, 0.6) is 5.75 Å². The summed E-state index contributed by atoms with van der Waals surface area (Å²) in [5.41, 5.74) is 2.55. The topological polar surface area (TPSA) is 38.3 Å². The molecule has 2 aromatic rings. The summed E-state index contributed by atoms with van der Waals surface area (Å²) in [4.78, 5) is 11.8. The van der Waals surface area contributed by atoms with Crippen LogP contribution in [0.2, 0.25) is 5.02 Å². The molecule has 0 heterocycles. The third-order valence-electron chi connectivity index (χ3n) is 3.38. The number of amides is 1. The molecule has 0 saturated carbocycles. The van der Waals surface area contributed by atoms with E-state index in [9.17, 15) is 9.18 Å². The Bertz CT molecular complexity index is 703. The van der Waals surface area contributed by atoms with Crippen LogP contribution in [0.3, 0.4) is 0 Å². The van der Waals surface area contributed by atoms with Crippen molar-refractivity contribution in [3.8, 4) is 5.75 Å². The molecule has 0 bridgehead atoms. The number of halogens is 2. The molecule has 1 amide bonds. The Labute approximate surface area is 140 Å². The Kier molecular flexibility index (Phi) is 5.99. The van der Waals surface area contributed by atoms with E-state index in [4.69, 9.17) is 16.3 Å². The Morgan fingerprint density at radius 2 is 2.00 bits per heavy atom. The van der Waals surface area contributed by atoms with E-state index in [1.165, 1.54) is 17.7 Å². The number of carbonyl (C=O) groups excluding carboxylic acids is 1. The van der Waals surface area contributed by atoms with Crippen molar-refractivity contribution in [2.24, 2.45) is 0 Å². The molecule has 1 N–H and O–H groups in total. The minimum Gasteiger partial charge on any atom is -0.491 e. The maximum atomic E-state index is 13.6. The minimum atomic E-state index is -0.473. The number of rotatable bonds is 6. The fourth-order valence-corrected chi connectivity index (χ4v) is 2.37. The Morgan fingerprint density at radius 3 is 2.70 bits per heavy atom. The second-order valence-corrected chi connectivity index (χ2v) is 5.82. The SMILES string of the molecule is Cc1ccc(OCCNC(=O)Cc2ccc(Cl)cc2F)c(C)c1. The molecule has 0 atom stereocenters. The molecule has 0 aliphatic heterocycles. The van der Waals surface area contributed by atoms with Crippen LogP contribution in [0, 0.1) is 19.7 Å². The molecule has 0 radical (unpaired) electrons. The molecule has 2 aromatic carbocycles. The van der Waals surface area contributed by atoms with Crippen molar-refractivity contribution >= 4 is 17.5 Å². The largest absolute Gasteiger partial charge is 0.491 e. The van der Waals surface area contributed by atoms with Crippen LogP contribution in [0.4, 0.5) is 4.39 Å². The zero-order valence-corrected chi connectivity index (χ0v) is 13.9. The van der Waals surface area contributed by atoms with Crippen molar-refractivity contribution in [1.29, 1.82) is 0 Å². The highest BCUT2D eigenvalue weighted by Crippen LogP contribution is 2.18. The highest BCUT2D eigenvalue weighted by atomic mass is 35.5. The standard InChI is InChI=1S/C18H19ClFNO2/c1-12-3-6-17(13(2)9-12)23-8-7-21-18(22)10-14-4-5-15(19)11-16(14)20/h3-6,9,11H,7-8,10H2,1-2H3,(H,21,22). The van der Waals surface area contributed by atoms with E-state index in [2.05, 4.69) is 5.32 Å². The van der Waals surface area contributed by atoms with Gasteiger partial charge < -0.3 is 10.1 Å². The van der Waals surface area contributed by atoms with Gasteiger partial charge in [-0.3, -0.25) is 4.79 Å². The molecular weight excluding hydrogens is 317 g/mol. The Balaban J connectivity index is 1.76. The number of aryl methyl sites for hydroxylation is 2. The Hall–Kier alpha value is -2.07. The van der Waals surface area contributed by atoms with Gasteiger partial charge in [-0.2, -0.15) is 0 Å². The highest BCUT2D eigenvalue weighted by Gasteiger charge is 2.08. The molecule has 0 aliphatic carbocycles. The number of carbonyl (C=O) groups is 1. The van der Waals surface area contributed by atoms with Gasteiger partial charge in [-0.25, -0.2) is 4.39 Å². The van der Waals surface area contributed by atoms with Gasteiger partial charge in [0, 0.05) is 5.02 Å². The molecule has 5 heteroatoms. The van der Waals surface area contributed by atoms with E-state index in [0.29, 0.717) is 23.7 Å². The van der Waals surface area contributed by atoms with E-state index < -0.39 is 5.82 Å². The Morgan fingerprint density at radius 1 is 1.22 bits per heavy atom. The molecular formula is C18H19ClFNO2. The van der Waals surface area contributed by atoms with Crippen molar-refractivity contribution in [3.05, 3.63) is 63.9 Å².